The summed E-state index contributed by atoms with van der Waals surface area (Å²) >= 11 is 0. The minimum Gasteiger partial charge on any atom is -0.846 e. The number of aliphatic carboxylic acids is 3. The Bertz CT molecular complexity index is 895. The van der Waals surface area contributed by atoms with Gasteiger partial charge < -0.3 is 25.7 Å². The van der Waals surface area contributed by atoms with E-state index < -0.39 is 41.2 Å². The fourth-order valence-corrected chi connectivity index (χ4v) is 6.00. The molecule has 2 atom stereocenters. The Morgan fingerprint density at radius 1 is 0.585 bits per heavy atom. The third-order valence-corrected chi connectivity index (χ3v) is 9.31. The molecule has 1 aliphatic rings. The standard InChI is InChI=1S/C11H18N2O3.3C10H20O2.Na/c1-4-6-7(3)11(5-2)8(14)12-10(16)13-9(11)15;3*1-2-3-4-5-6-7-8-9-10(11)12;/h7H,4-6H2,1-3H3,(H2,12,13,14,15,16);3*2-9H2,1H3,(H,11,12);/q;;;;+1/p-1. The number of rotatable bonds is 28. The van der Waals surface area contributed by atoms with Crippen LogP contribution in [0.4, 0.5) is 0 Å². The molecule has 0 radical (unpaired) electrons. The summed E-state index contributed by atoms with van der Waals surface area (Å²) in [6, 6.07) is -0.845. The molecule has 53 heavy (non-hydrogen) atoms. The number of amides is 2. The van der Waals surface area contributed by atoms with Crippen molar-refractivity contribution in [3.05, 3.63) is 0 Å². The van der Waals surface area contributed by atoms with Gasteiger partial charge in [0.15, 0.2) is 0 Å². The van der Waals surface area contributed by atoms with Gasteiger partial charge in [-0.3, -0.25) is 24.0 Å². The van der Waals surface area contributed by atoms with E-state index in [0.717, 1.165) is 51.4 Å². The molecule has 0 fully saturated rings. The molecule has 306 valence electrons. The monoisotopic (exact) mass is 765 g/mol. The molecule has 0 saturated heterocycles. The van der Waals surface area contributed by atoms with Gasteiger partial charge in [0.25, 0.3) is 5.91 Å². The number of carbonyl (C=O) groups excluding carboxylic acids is 2. The second-order valence-electron chi connectivity index (χ2n) is 14.0. The normalized spacial score (nSPS) is 15.1. The van der Waals surface area contributed by atoms with Crippen molar-refractivity contribution in [2.45, 2.75) is 215 Å². The Hall–Kier alpha value is -1.98. The van der Waals surface area contributed by atoms with Gasteiger partial charge in [-0.15, -0.1) is 0 Å². The maximum absolute atomic E-state index is 11.9. The Labute approximate surface area is 344 Å². The summed E-state index contributed by atoms with van der Waals surface area (Å²) in [7, 11) is 0. The molecule has 2 unspecified atom stereocenters. The van der Waals surface area contributed by atoms with E-state index in [1.54, 1.807) is 6.92 Å². The average Bonchev–Trinajstić information content (AvgIpc) is 3.08. The predicted octanol–water partition coefficient (Wildman–Crippen LogP) is 6.83. The molecule has 11 nitrogen and oxygen atoms in total. The second-order valence-corrected chi connectivity index (χ2v) is 14.0. The number of hydrogen-bond acceptors (Lipinski definition) is 6. The SMILES string of the molecule is CCCC(C)C1(CC)C(=O)N=C([O-])NC1=O.CCCCCCCCCC(=O)O.CCCCCCCCCC(=O)O.CCCCCCCCCC(=O)O.[Na+]. The summed E-state index contributed by atoms with van der Waals surface area (Å²) in [5.74, 6) is -3.19. The van der Waals surface area contributed by atoms with E-state index >= 15 is 0 Å². The molecule has 1 rings (SSSR count). The predicted molar refractivity (Wildman–Crippen MR) is 208 cm³/mol. The number of hydrogen-bond donors (Lipinski definition) is 4. The average molecular weight is 765 g/mol. The Morgan fingerprint density at radius 2 is 0.887 bits per heavy atom. The van der Waals surface area contributed by atoms with Crippen molar-refractivity contribution in [1.82, 2.24) is 5.32 Å². The van der Waals surface area contributed by atoms with Crippen LogP contribution in [0, 0.1) is 11.3 Å². The van der Waals surface area contributed by atoms with Gasteiger partial charge in [-0.05, 0) is 38.0 Å². The molecule has 1 heterocycles. The Morgan fingerprint density at radius 3 is 1.13 bits per heavy atom. The first-order valence-electron chi connectivity index (χ1n) is 20.6. The summed E-state index contributed by atoms with van der Waals surface area (Å²) in [5, 5.41) is 38.1. The van der Waals surface area contributed by atoms with Gasteiger partial charge in [0.1, 0.15) is 5.41 Å². The zero-order valence-electron chi connectivity index (χ0n) is 34.9. The van der Waals surface area contributed by atoms with Crippen LogP contribution >= 0.6 is 0 Å². The maximum Gasteiger partial charge on any atom is 1.00 e. The molecule has 0 aromatic carbocycles. The molecule has 0 spiro atoms. The van der Waals surface area contributed by atoms with Crippen molar-refractivity contribution >= 4 is 35.7 Å². The number of aliphatic imine (C=N–C) groups is 1. The summed E-state index contributed by atoms with van der Waals surface area (Å²) in [4.78, 5) is 57.5. The van der Waals surface area contributed by atoms with Crippen LogP contribution in [0.15, 0.2) is 4.99 Å². The largest absolute Gasteiger partial charge is 1.00 e. The molecule has 0 aliphatic carbocycles. The number of unbranched alkanes of at least 4 members (excludes halogenated alkanes) is 18. The zero-order valence-corrected chi connectivity index (χ0v) is 36.9. The van der Waals surface area contributed by atoms with Gasteiger partial charge in [-0.25, -0.2) is 4.99 Å². The Balaban J connectivity index is -0.000000303. The van der Waals surface area contributed by atoms with E-state index in [9.17, 15) is 29.1 Å². The van der Waals surface area contributed by atoms with Crippen LogP contribution in [-0.4, -0.2) is 51.1 Å². The van der Waals surface area contributed by atoms with E-state index in [0.29, 0.717) is 25.7 Å². The van der Waals surface area contributed by atoms with Gasteiger partial charge in [0.05, 0.1) is 6.02 Å². The van der Waals surface area contributed by atoms with Crippen LogP contribution in [-0.2, 0) is 24.0 Å². The van der Waals surface area contributed by atoms with Crippen LogP contribution in [0.25, 0.3) is 0 Å². The van der Waals surface area contributed by atoms with Crippen LogP contribution in [0.1, 0.15) is 215 Å². The van der Waals surface area contributed by atoms with Gasteiger partial charge in [0.2, 0.25) is 5.91 Å². The first kappa shape index (κ1) is 57.7. The summed E-state index contributed by atoms with van der Waals surface area (Å²) in [6.45, 7) is 12.2. The van der Waals surface area contributed by atoms with Crippen molar-refractivity contribution in [1.29, 1.82) is 0 Å². The molecular formula is C41H77N2NaO9. The van der Waals surface area contributed by atoms with Gasteiger partial charge in [0, 0.05) is 19.3 Å². The van der Waals surface area contributed by atoms with Crippen LogP contribution in [0.5, 0.6) is 0 Å². The van der Waals surface area contributed by atoms with Crippen molar-refractivity contribution in [2.24, 2.45) is 16.3 Å². The minimum atomic E-state index is -1.15. The summed E-state index contributed by atoms with van der Waals surface area (Å²) in [6.07, 6.45) is 27.9. The number of carboxylic acid groups (broad SMARTS) is 3. The van der Waals surface area contributed by atoms with Crippen molar-refractivity contribution in [3.8, 4) is 0 Å². The first-order valence-corrected chi connectivity index (χ1v) is 20.6. The minimum absolute atomic E-state index is 0. The summed E-state index contributed by atoms with van der Waals surface area (Å²) < 4.78 is 0. The van der Waals surface area contributed by atoms with E-state index in [2.05, 4.69) is 31.1 Å². The number of amidine groups is 1. The van der Waals surface area contributed by atoms with E-state index in [-0.39, 0.29) is 35.5 Å². The molecule has 12 heteroatoms. The maximum atomic E-state index is 11.9. The number of nitrogens with zero attached hydrogens (tertiary/aromatic N) is 1. The summed E-state index contributed by atoms with van der Waals surface area (Å²) in [5.41, 5.74) is -1.15. The molecule has 0 saturated carbocycles. The second kappa shape index (κ2) is 41.2. The zero-order chi connectivity index (χ0) is 40.0. The van der Waals surface area contributed by atoms with Crippen LogP contribution < -0.4 is 40.0 Å². The van der Waals surface area contributed by atoms with Gasteiger partial charge >= 0.3 is 47.5 Å². The third kappa shape index (κ3) is 35.5. The van der Waals surface area contributed by atoms with Crippen molar-refractivity contribution in [2.75, 3.05) is 0 Å². The number of nitrogens with one attached hydrogen (secondary N) is 1. The van der Waals surface area contributed by atoms with Crippen LogP contribution in [0.2, 0.25) is 0 Å². The molecule has 0 aromatic heterocycles. The fraction of sp³-hybridized carbons (Fsp3) is 0.854. The molecule has 2 amide bonds. The molecule has 0 aromatic rings. The van der Waals surface area contributed by atoms with Gasteiger partial charge in [-0.1, -0.05) is 164 Å². The quantitative estimate of drug-likeness (QED) is 0.0375. The first-order chi connectivity index (χ1) is 24.8. The van der Waals surface area contributed by atoms with E-state index in [4.69, 9.17) is 15.3 Å². The van der Waals surface area contributed by atoms with E-state index in [1.807, 2.05) is 13.8 Å². The van der Waals surface area contributed by atoms with Gasteiger partial charge in [-0.2, -0.15) is 0 Å². The Kier molecular flexibility index (Phi) is 44.9. The number of carboxylic acids is 3. The third-order valence-electron chi connectivity index (χ3n) is 9.31. The fourth-order valence-electron chi connectivity index (χ4n) is 6.00. The molecule has 0 bridgehead atoms. The molecule has 4 N–H and O–H groups in total. The van der Waals surface area contributed by atoms with Crippen molar-refractivity contribution in [3.63, 3.8) is 0 Å². The molecular weight excluding hydrogens is 687 g/mol. The topological polar surface area (TPSA) is 193 Å². The smallest absolute Gasteiger partial charge is 0.846 e. The number of carbonyl (C=O) groups is 5. The van der Waals surface area contributed by atoms with Crippen LogP contribution in [0.3, 0.4) is 0 Å². The van der Waals surface area contributed by atoms with E-state index in [1.165, 1.54) is 96.3 Å². The van der Waals surface area contributed by atoms with Crippen molar-refractivity contribution < 1.29 is 74.0 Å². The molecule has 1 aliphatic heterocycles.